The van der Waals surface area contributed by atoms with Crippen LogP contribution < -0.4 is 10.5 Å². The zero-order valence-electron chi connectivity index (χ0n) is 9.84. The quantitative estimate of drug-likeness (QED) is 0.634. The summed E-state index contributed by atoms with van der Waals surface area (Å²) in [6, 6.07) is 6.28. The van der Waals surface area contributed by atoms with E-state index < -0.39 is 17.6 Å². The molecule has 0 aliphatic carbocycles. The normalized spacial score (nSPS) is 11.4. The number of nitrogens with two attached hydrogens (primary N) is 1. The molecule has 7 heteroatoms. The lowest BCUT2D eigenvalue weighted by molar-refractivity contribution is -0.137. The van der Waals surface area contributed by atoms with Crippen LogP contribution in [-0.4, -0.2) is 0 Å². The molecule has 2 aromatic rings. The molecule has 0 heterocycles. The van der Waals surface area contributed by atoms with Crippen LogP contribution in [0.25, 0.3) is 0 Å². The molecular formula is C13H8ClF4NO. The molecule has 0 saturated carbocycles. The molecule has 0 aliphatic heterocycles. The second-order valence-electron chi connectivity index (χ2n) is 3.97. The molecule has 2 rings (SSSR count). The molecule has 106 valence electrons. The Morgan fingerprint density at radius 1 is 1.00 bits per heavy atom. The minimum absolute atomic E-state index is 0.0944. The van der Waals surface area contributed by atoms with E-state index in [1.807, 2.05) is 0 Å². The fraction of sp³-hybridized carbons (Fsp3) is 0.0769. The maximum Gasteiger partial charge on any atom is 0.416 e. The van der Waals surface area contributed by atoms with Crippen molar-refractivity contribution in [2.45, 2.75) is 6.18 Å². The van der Waals surface area contributed by atoms with Gasteiger partial charge in [-0.3, -0.25) is 0 Å². The summed E-state index contributed by atoms with van der Waals surface area (Å²) >= 11 is 5.56. The number of rotatable bonds is 2. The van der Waals surface area contributed by atoms with E-state index in [1.54, 1.807) is 0 Å². The summed E-state index contributed by atoms with van der Waals surface area (Å²) in [5, 5.41) is -0.192. The number of benzene rings is 2. The molecule has 0 aliphatic rings. The van der Waals surface area contributed by atoms with Crippen molar-refractivity contribution in [1.29, 1.82) is 0 Å². The van der Waals surface area contributed by atoms with Crippen LogP contribution in [0.5, 0.6) is 11.5 Å². The van der Waals surface area contributed by atoms with Crippen LogP contribution in [0.2, 0.25) is 5.02 Å². The van der Waals surface area contributed by atoms with Gasteiger partial charge in [0.1, 0.15) is 17.3 Å². The van der Waals surface area contributed by atoms with Crippen molar-refractivity contribution in [3.05, 3.63) is 52.8 Å². The highest BCUT2D eigenvalue weighted by Crippen LogP contribution is 2.35. The summed E-state index contributed by atoms with van der Waals surface area (Å²) in [5.74, 6) is -0.655. The number of alkyl halides is 3. The molecule has 0 atom stereocenters. The number of nitrogen functional groups attached to an aromatic ring is 1. The Hall–Kier alpha value is -1.95. The Labute approximate surface area is 116 Å². The summed E-state index contributed by atoms with van der Waals surface area (Å²) in [5.41, 5.74) is 4.37. The van der Waals surface area contributed by atoms with E-state index in [4.69, 9.17) is 22.1 Å². The Bertz CT molecular complexity index is 643. The van der Waals surface area contributed by atoms with Crippen LogP contribution in [0.4, 0.5) is 23.2 Å². The second kappa shape index (κ2) is 5.20. The number of hydrogen-bond donors (Lipinski definition) is 1. The molecule has 0 spiro atoms. The lowest BCUT2D eigenvalue weighted by Crippen LogP contribution is -2.06. The van der Waals surface area contributed by atoms with Crippen LogP contribution in [0.1, 0.15) is 5.56 Å². The highest BCUT2D eigenvalue weighted by atomic mass is 35.5. The number of halogens is 5. The van der Waals surface area contributed by atoms with Gasteiger partial charge < -0.3 is 10.5 Å². The van der Waals surface area contributed by atoms with E-state index in [9.17, 15) is 17.6 Å². The average Bonchev–Trinajstić information content (AvgIpc) is 2.32. The summed E-state index contributed by atoms with van der Waals surface area (Å²) in [6.07, 6.45) is -4.53. The van der Waals surface area contributed by atoms with Crippen molar-refractivity contribution in [3.63, 3.8) is 0 Å². The van der Waals surface area contributed by atoms with Gasteiger partial charge in [-0.15, -0.1) is 0 Å². The standard InChI is InChI=1S/C13H8ClF4NO/c14-11-6-9(1-2-12(11)15)20-10-4-7(13(16,17)18)3-8(19)5-10/h1-6H,19H2. The molecule has 0 amide bonds. The van der Waals surface area contributed by atoms with Gasteiger partial charge >= 0.3 is 6.18 Å². The van der Waals surface area contributed by atoms with Crippen LogP contribution >= 0.6 is 11.6 Å². The predicted octanol–water partition coefficient (Wildman–Crippen LogP) is 4.87. The first-order valence-electron chi connectivity index (χ1n) is 5.36. The molecule has 2 nitrogen and oxygen atoms in total. The monoisotopic (exact) mass is 305 g/mol. The first-order valence-corrected chi connectivity index (χ1v) is 5.74. The lowest BCUT2D eigenvalue weighted by Gasteiger charge is -2.11. The van der Waals surface area contributed by atoms with Gasteiger partial charge in [-0.05, 0) is 24.3 Å². The van der Waals surface area contributed by atoms with E-state index in [-0.39, 0.29) is 22.2 Å². The number of anilines is 1. The largest absolute Gasteiger partial charge is 0.457 e. The van der Waals surface area contributed by atoms with Crippen LogP contribution in [-0.2, 0) is 6.18 Å². The number of ether oxygens (including phenoxy) is 1. The Morgan fingerprint density at radius 3 is 2.30 bits per heavy atom. The minimum Gasteiger partial charge on any atom is -0.457 e. The van der Waals surface area contributed by atoms with E-state index in [0.717, 1.165) is 24.3 Å². The van der Waals surface area contributed by atoms with Gasteiger partial charge in [-0.25, -0.2) is 4.39 Å². The molecule has 0 saturated heterocycles. The molecule has 0 radical (unpaired) electrons. The Morgan fingerprint density at radius 2 is 1.70 bits per heavy atom. The summed E-state index contributed by atoms with van der Waals surface area (Å²) < 4.78 is 56.0. The summed E-state index contributed by atoms with van der Waals surface area (Å²) in [4.78, 5) is 0. The van der Waals surface area contributed by atoms with Gasteiger partial charge in [-0.1, -0.05) is 11.6 Å². The van der Waals surface area contributed by atoms with Gasteiger partial charge in [0, 0.05) is 17.8 Å². The van der Waals surface area contributed by atoms with Crippen molar-refractivity contribution in [1.82, 2.24) is 0 Å². The summed E-state index contributed by atoms with van der Waals surface area (Å²) in [7, 11) is 0. The van der Waals surface area contributed by atoms with Crippen molar-refractivity contribution in [3.8, 4) is 11.5 Å². The fourth-order valence-electron chi connectivity index (χ4n) is 1.52. The molecule has 2 aromatic carbocycles. The first-order chi connectivity index (χ1) is 9.25. The zero-order valence-corrected chi connectivity index (χ0v) is 10.6. The average molecular weight is 306 g/mol. The third kappa shape index (κ3) is 3.33. The SMILES string of the molecule is Nc1cc(Oc2ccc(F)c(Cl)c2)cc(C(F)(F)F)c1. The zero-order chi connectivity index (χ0) is 14.9. The highest BCUT2D eigenvalue weighted by Gasteiger charge is 2.31. The third-order valence-electron chi connectivity index (χ3n) is 2.38. The Balaban J connectivity index is 2.33. The third-order valence-corrected chi connectivity index (χ3v) is 2.67. The Kier molecular flexibility index (Phi) is 3.76. The van der Waals surface area contributed by atoms with E-state index in [2.05, 4.69) is 0 Å². The second-order valence-corrected chi connectivity index (χ2v) is 4.37. The van der Waals surface area contributed by atoms with Gasteiger partial charge in [0.25, 0.3) is 0 Å². The maximum absolute atomic E-state index is 13.0. The molecule has 0 fully saturated rings. The molecular weight excluding hydrogens is 298 g/mol. The van der Waals surface area contributed by atoms with E-state index in [1.165, 1.54) is 12.1 Å². The summed E-state index contributed by atoms with van der Waals surface area (Å²) in [6.45, 7) is 0. The van der Waals surface area contributed by atoms with Crippen LogP contribution in [0.15, 0.2) is 36.4 Å². The van der Waals surface area contributed by atoms with Crippen LogP contribution in [0.3, 0.4) is 0 Å². The maximum atomic E-state index is 13.0. The van der Waals surface area contributed by atoms with Crippen molar-refractivity contribution in [2.75, 3.05) is 5.73 Å². The van der Waals surface area contributed by atoms with Crippen molar-refractivity contribution >= 4 is 17.3 Å². The smallest absolute Gasteiger partial charge is 0.416 e. The topological polar surface area (TPSA) is 35.2 Å². The number of hydrogen-bond acceptors (Lipinski definition) is 2. The van der Waals surface area contributed by atoms with Gasteiger partial charge in [-0.2, -0.15) is 13.2 Å². The fourth-order valence-corrected chi connectivity index (χ4v) is 1.69. The van der Waals surface area contributed by atoms with E-state index >= 15 is 0 Å². The molecule has 0 aromatic heterocycles. The van der Waals surface area contributed by atoms with Gasteiger partial charge in [0.05, 0.1) is 10.6 Å². The van der Waals surface area contributed by atoms with Crippen molar-refractivity contribution in [2.24, 2.45) is 0 Å². The highest BCUT2D eigenvalue weighted by molar-refractivity contribution is 6.30. The molecule has 0 bridgehead atoms. The molecule has 0 unspecified atom stereocenters. The first kappa shape index (κ1) is 14.5. The predicted molar refractivity (Wildman–Crippen MR) is 67.3 cm³/mol. The van der Waals surface area contributed by atoms with Crippen LogP contribution in [0, 0.1) is 5.82 Å². The molecule has 20 heavy (non-hydrogen) atoms. The van der Waals surface area contributed by atoms with Gasteiger partial charge in [0.2, 0.25) is 0 Å². The van der Waals surface area contributed by atoms with E-state index in [0.29, 0.717) is 0 Å². The lowest BCUT2D eigenvalue weighted by atomic mass is 10.2. The minimum atomic E-state index is -4.53. The van der Waals surface area contributed by atoms with Crippen molar-refractivity contribution < 1.29 is 22.3 Å². The van der Waals surface area contributed by atoms with Gasteiger partial charge in [0.15, 0.2) is 0 Å². The molecule has 2 N–H and O–H groups in total.